The highest BCUT2D eigenvalue weighted by atomic mass is 28.2. The minimum atomic E-state index is -0.374. The van der Waals surface area contributed by atoms with Crippen LogP contribution in [0.5, 0.6) is 0 Å². The lowest BCUT2D eigenvalue weighted by Gasteiger charge is -2.22. The third-order valence-corrected chi connectivity index (χ3v) is 5.89. The van der Waals surface area contributed by atoms with Crippen LogP contribution in [0.25, 0.3) is 0 Å². The van der Waals surface area contributed by atoms with Crippen molar-refractivity contribution in [3.63, 3.8) is 0 Å². The Kier molecular flexibility index (Phi) is 13.3. The maximum absolute atomic E-state index is 5.74. The first-order chi connectivity index (χ1) is 10.0. The third-order valence-electron chi connectivity index (χ3n) is 3.55. The normalized spacial score (nSPS) is 14.8. The summed E-state index contributed by atoms with van der Waals surface area (Å²) in [5.41, 5.74) is 2.08. The van der Waals surface area contributed by atoms with Gasteiger partial charge >= 0.3 is 0 Å². The summed E-state index contributed by atoms with van der Waals surface area (Å²) in [6.45, 7) is 15.5. The predicted molar refractivity (Wildman–Crippen MR) is 96.3 cm³/mol. The number of hydrogen-bond donors (Lipinski definition) is 0. The molecule has 0 saturated carbocycles. The van der Waals surface area contributed by atoms with E-state index in [0.29, 0.717) is 5.92 Å². The van der Waals surface area contributed by atoms with Crippen LogP contribution < -0.4 is 0 Å². The fourth-order valence-corrected chi connectivity index (χ4v) is 5.06. The summed E-state index contributed by atoms with van der Waals surface area (Å²) in [4.78, 5) is 4.74. The van der Waals surface area contributed by atoms with Gasteiger partial charge < -0.3 is 9.47 Å². The minimum absolute atomic E-state index is 0.0947. The molecule has 4 heteroatoms. The van der Waals surface area contributed by atoms with Crippen molar-refractivity contribution in [3.05, 3.63) is 0 Å². The zero-order valence-corrected chi connectivity index (χ0v) is 16.6. The summed E-state index contributed by atoms with van der Waals surface area (Å²) in [7, 11) is -0.374. The quantitative estimate of drug-likeness (QED) is 0.292. The van der Waals surface area contributed by atoms with Gasteiger partial charge in [-0.15, -0.1) is 0 Å². The Morgan fingerprint density at radius 3 is 2.14 bits per heavy atom. The number of aliphatic imine (C=N–C) groups is 1. The average molecular weight is 316 g/mol. The Bertz CT molecular complexity index is 264. The number of hydrogen-bond acceptors (Lipinski definition) is 3. The van der Waals surface area contributed by atoms with E-state index in [9.17, 15) is 0 Å². The molecule has 0 aliphatic rings. The lowest BCUT2D eigenvalue weighted by Crippen LogP contribution is -2.28. The molecule has 126 valence electrons. The van der Waals surface area contributed by atoms with E-state index in [4.69, 9.17) is 14.5 Å². The smallest absolute Gasteiger partial charge is 0.135 e. The number of rotatable bonds is 13. The Balaban J connectivity index is 4.27. The maximum Gasteiger partial charge on any atom is 0.135 e. The van der Waals surface area contributed by atoms with Crippen LogP contribution in [0.1, 0.15) is 67.2 Å². The molecule has 0 heterocycles. The Morgan fingerprint density at radius 1 is 1.05 bits per heavy atom. The van der Waals surface area contributed by atoms with Crippen LogP contribution in [0.3, 0.4) is 0 Å². The molecule has 0 amide bonds. The van der Waals surface area contributed by atoms with Crippen LogP contribution in [0, 0.1) is 5.92 Å². The molecule has 0 aromatic carbocycles. The van der Waals surface area contributed by atoms with Crippen molar-refractivity contribution >= 4 is 15.2 Å². The highest BCUT2D eigenvalue weighted by Crippen LogP contribution is 2.19. The molecule has 0 bridgehead atoms. The molecule has 21 heavy (non-hydrogen) atoms. The second-order valence-corrected chi connectivity index (χ2v) is 8.53. The van der Waals surface area contributed by atoms with Gasteiger partial charge in [0.1, 0.15) is 5.91 Å². The first-order valence-electron chi connectivity index (χ1n) is 8.76. The first kappa shape index (κ1) is 20.8. The van der Waals surface area contributed by atoms with Gasteiger partial charge in [0.25, 0.3) is 0 Å². The van der Waals surface area contributed by atoms with Crippen molar-refractivity contribution < 1.29 is 9.47 Å². The summed E-state index contributed by atoms with van der Waals surface area (Å²) < 4.78 is 11.5. The van der Waals surface area contributed by atoms with Gasteiger partial charge in [0, 0.05) is 25.5 Å². The van der Waals surface area contributed by atoms with E-state index in [1.54, 1.807) is 0 Å². The van der Waals surface area contributed by atoms with Gasteiger partial charge in [-0.1, -0.05) is 33.6 Å². The zero-order chi connectivity index (χ0) is 16.1. The van der Waals surface area contributed by atoms with Gasteiger partial charge in [0.2, 0.25) is 0 Å². The Hall–Kier alpha value is -0.193. The average Bonchev–Trinajstić information content (AvgIpc) is 2.38. The molecule has 0 aliphatic carbocycles. The van der Waals surface area contributed by atoms with Crippen molar-refractivity contribution in [2.45, 2.75) is 78.7 Å². The monoisotopic (exact) mass is 315 g/mol. The van der Waals surface area contributed by atoms with Crippen LogP contribution in [-0.2, 0) is 9.47 Å². The van der Waals surface area contributed by atoms with Crippen LogP contribution in [0.15, 0.2) is 4.99 Å². The lowest BCUT2D eigenvalue weighted by molar-refractivity contribution is -0.0835. The minimum Gasteiger partial charge on any atom is -0.357 e. The van der Waals surface area contributed by atoms with Gasteiger partial charge in [-0.3, -0.25) is 4.99 Å². The molecule has 0 saturated heterocycles. The molecule has 3 nitrogen and oxygen atoms in total. The maximum atomic E-state index is 5.74. The molecular formula is C17H37NO2Si. The molecule has 0 aromatic heterocycles. The lowest BCUT2D eigenvalue weighted by atomic mass is 10.1. The zero-order valence-electron chi connectivity index (χ0n) is 15.2. The third kappa shape index (κ3) is 12.1. The summed E-state index contributed by atoms with van der Waals surface area (Å²) in [5.74, 6) is 0.798. The van der Waals surface area contributed by atoms with Crippen LogP contribution in [0.4, 0.5) is 0 Å². The van der Waals surface area contributed by atoms with Crippen molar-refractivity contribution in [1.82, 2.24) is 0 Å². The van der Waals surface area contributed by atoms with E-state index in [-0.39, 0.29) is 15.4 Å². The summed E-state index contributed by atoms with van der Waals surface area (Å²) >= 11 is 0. The van der Waals surface area contributed by atoms with Crippen LogP contribution >= 0.6 is 0 Å². The van der Waals surface area contributed by atoms with Crippen LogP contribution in [0.2, 0.25) is 5.54 Å². The first-order valence-corrected chi connectivity index (χ1v) is 10.4. The standard InChI is InChI=1S/C17H37NO2Si/c1-7-10-16(21-17(19-8-2)20-9-3)11-12-18-15(6)13-14(4)5/h14,16-17H,7-13,21H2,1-6H3. The van der Waals surface area contributed by atoms with Crippen molar-refractivity contribution in [2.24, 2.45) is 10.9 Å². The molecule has 1 atom stereocenters. The van der Waals surface area contributed by atoms with Crippen molar-refractivity contribution in [3.8, 4) is 0 Å². The fraction of sp³-hybridized carbons (Fsp3) is 0.941. The molecule has 0 rings (SSSR count). The van der Waals surface area contributed by atoms with E-state index in [2.05, 4.69) is 41.5 Å². The molecule has 0 aromatic rings. The van der Waals surface area contributed by atoms with Gasteiger partial charge in [0.05, 0.1) is 9.52 Å². The summed E-state index contributed by atoms with van der Waals surface area (Å²) in [6.07, 6.45) is 4.86. The summed E-state index contributed by atoms with van der Waals surface area (Å²) in [5, 5.41) is 0. The second-order valence-electron chi connectivity index (χ2n) is 6.23. The second kappa shape index (κ2) is 13.5. The van der Waals surface area contributed by atoms with Gasteiger partial charge in [-0.05, 0) is 45.1 Å². The van der Waals surface area contributed by atoms with Crippen LogP contribution in [-0.4, -0.2) is 40.9 Å². The SMILES string of the molecule is CCCC(CCN=C(C)CC(C)C)[SiH2]C(OCC)OCC. The Morgan fingerprint density at radius 2 is 1.67 bits per heavy atom. The van der Waals surface area contributed by atoms with Crippen molar-refractivity contribution in [1.29, 1.82) is 0 Å². The Labute approximate surface area is 134 Å². The van der Waals surface area contributed by atoms with E-state index in [1.807, 2.05) is 0 Å². The molecule has 0 fully saturated rings. The van der Waals surface area contributed by atoms with Crippen molar-refractivity contribution in [2.75, 3.05) is 19.8 Å². The van der Waals surface area contributed by atoms with Gasteiger partial charge in [0.15, 0.2) is 0 Å². The molecule has 0 aliphatic heterocycles. The largest absolute Gasteiger partial charge is 0.357 e. The summed E-state index contributed by atoms with van der Waals surface area (Å²) in [6, 6.07) is 0. The molecule has 0 radical (unpaired) electrons. The molecular weight excluding hydrogens is 278 g/mol. The molecule has 0 spiro atoms. The highest BCUT2D eigenvalue weighted by Gasteiger charge is 2.17. The number of ether oxygens (including phenoxy) is 2. The van der Waals surface area contributed by atoms with E-state index in [1.165, 1.54) is 25.0 Å². The number of nitrogens with zero attached hydrogens (tertiary/aromatic N) is 1. The predicted octanol–water partition coefficient (Wildman–Crippen LogP) is 4.00. The van der Waals surface area contributed by atoms with E-state index >= 15 is 0 Å². The van der Waals surface area contributed by atoms with Gasteiger partial charge in [-0.2, -0.15) is 0 Å². The molecule has 1 unspecified atom stereocenters. The fourth-order valence-electron chi connectivity index (χ4n) is 2.71. The highest BCUT2D eigenvalue weighted by molar-refractivity contribution is 6.38. The van der Waals surface area contributed by atoms with E-state index in [0.717, 1.165) is 31.7 Å². The topological polar surface area (TPSA) is 30.8 Å². The van der Waals surface area contributed by atoms with Gasteiger partial charge in [-0.25, -0.2) is 0 Å². The van der Waals surface area contributed by atoms with E-state index < -0.39 is 0 Å². The molecule has 0 N–H and O–H groups in total.